The third-order valence-electron chi connectivity index (χ3n) is 3.09. The fraction of sp³-hybridized carbons (Fsp3) is 0. The maximum Gasteiger partial charge on any atom is 0.273 e. The number of rotatable bonds is 3. The highest BCUT2D eigenvalue weighted by molar-refractivity contribution is 6.03. The van der Waals surface area contributed by atoms with Gasteiger partial charge in [0.2, 0.25) is 0 Å². The molecule has 1 aromatic heterocycles. The first-order chi connectivity index (χ1) is 10.6. The SMILES string of the molecule is O=C(Nc1ccc(O)cc1)c1cnc(-c2ccc(O)cc2)[nH]1. The summed E-state index contributed by atoms with van der Waals surface area (Å²) in [6.07, 6.45) is 1.44. The molecule has 0 fully saturated rings. The second kappa shape index (κ2) is 5.61. The number of amides is 1. The number of nitrogens with one attached hydrogen (secondary N) is 2. The van der Waals surface area contributed by atoms with Crippen LogP contribution in [0.1, 0.15) is 10.5 Å². The summed E-state index contributed by atoms with van der Waals surface area (Å²) in [5, 5.41) is 21.2. The fourth-order valence-electron chi connectivity index (χ4n) is 1.95. The number of benzene rings is 2. The second-order valence-electron chi connectivity index (χ2n) is 4.69. The van der Waals surface area contributed by atoms with Crippen molar-refractivity contribution in [2.45, 2.75) is 0 Å². The summed E-state index contributed by atoms with van der Waals surface area (Å²) in [5.41, 5.74) is 1.65. The molecule has 6 nitrogen and oxygen atoms in total. The van der Waals surface area contributed by atoms with Crippen molar-refractivity contribution in [1.82, 2.24) is 9.97 Å². The number of phenolic OH excluding ortho intramolecular Hbond substituents is 2. The number of aromatic hydroxyl groups is 2. The van der Waals surface area contributed by atoms with E-state index in [0.29, 0.717) is 17.2 Å². The summed E-state index contributed by atoms with van der Waals surface area (Å²) in [5.74, 6) is 0.508. The molecular formula is C16H13N3O3. The van der Waals surface area contributed by atoms with E-state index in [4.69, 9.17) is 0 Å². The molecule has 0 aliphatic rings. The number of phenols is 2. The average molecular weight is 295 g/mol. The first-order valence-corrected chi connectivity index (χ1v) is 6.56. The number of hydrogen-bond acceptors (Lipinski definition) is 4. The molecule has 2 aromatic carbocycles. The standard InChI is InChI=1S/C16H13N3O3/c20-12-5-1-10(2-6-12)15-17-9-14(19-15)16(22)18-11-3-7-13(21)8-4-11/h1-9,20-21H,(H,17,19)(H,18,22). The largest absolute Gasteiger partial charge is 0.508 e. The summed E-state index contributed by atoms with van der Waals surface area (Å²) in [7, 11) is 0. The van der Waals surface area contributed by atoms with E-state index < -0.39 is 0 Å². The van der Waals surface area contributed by atoms with Crippen molar-refractivity contribution >= 4 is 11.6 Å². The lowest BCUT2D eigenvalue weighted by molar-refractivity contribution is 0.102. The number of carbonyl (C=O) groups is 1. The Morgan fingerprint density at radius 3 is 2.18 bits per heavy atom. The van der Waals surface area contributed by atoms with Crippen LogP contribution in [0.15, 0.2) is 54.7 Å². The normalized spacial score (nSPS) is 10.4. The zero-order chi connectivity index (χ0) is 15.5. The molecule has 1 heterocycles. The summed E-state index contributed by atoms with van der Waals surface area (Å²) < 4.78 is 0. The van der Waals surface area contributed by atoms with Crippen molar-refractivity contribution in [1.29, 1.82) is 0 Å². The number of carbonyl (C=O) groups excluding carboxylic acids is 1. The van der Waals surface area contributed by atoms with Crippen molar-refractivity contribution in [3.8, 4) is 22.9 Å². The smallest absolute Gasteiger partial charge is 0.273 e. The minimum absolute atomic E-state index is 0.133. The van der Waals surface area contributed by atoms with Gasteiger partial charge in [-0.15, -0.1) is 0 Å². The molecule has 0 aliphatic carbocycles. The lowest BCUT2D eigenvalue weighted by Gasteiger charge is -2.03. The van der Waals surface area contributed by atoms with Crippen LogP contribution in [0.25, 0.3) is 11.4 Å². The Hall–Kier alpha value is -3.28. The molecule has 0 bridgehead atoms. The van der Waals surface area contributed by atoms with Crippen LogP contribution in [0, 0.1) is 0 Å². The van der Waals surface area contributed by atoms with Gasteiger partial charge in [0.1, 0.15) is 23.0 Å². The first-order valence-electron chi connectivity index (χ1n) is 6.56. The minimum atomic E-state index is -0.330. The number of aromatic amines is 1. The molecule has 6 heteroatoms. The van der Waals surface area contributed by atoms with Crippen molar-refractivity contribution in [3.05, 3.63) is 60.4 Å². The molecule has 3 rings (SSSR count). The molecule has 3 aromatic rings. The molecule has 0 aliphatic heterocycles. The zero-order valence-corrected chi connectivity index (χ0v) is 11.4. The van der Waals surface area contributed by atoms with Gasteiger partial charge < -0.3 is 20.5 Å². The monoisotopic (exact) mass is 295 g/mol. The van der Waals surface area contributed by atoms with Crippen LogP contribution in [0.4, 0.5) is 5.69 Å². The highest BCUT2D eigenvalue weighted by Crippen LogP contribution is 2.19. The van der Waals surface area contributed by atoms with Crippen LogP contribution < -0.4 is 5.32 Å². The highest BCUT2D eigenvalue weighted by Gasteiger charge is 2.11. The Balaban J connectivity index is 1.76. The molecule has 0 unspecified atom stereocenters. The van der Waals surface area contributed by atoms with Gasteiger partial charge in [-0.25, -0.2) is 4.98 Å². The lowest BCUT2D eigenvalue weighted by Crippen LogP contribution is -2.12. The Morgan fingerprint density at radius 1 is 0.955 bits per heavy atom. The van der Waals surface area contributed by atoms with Crippen LogP contribution in [0.2, 0.25) is 0 Å². The Morgan fingerprint density at radius 2 is 1.55 bits per heavy atom. The quantitative estimate of drug-likeness (QED) is 0.558. The van der Waals surface area contributed by atoms with E-state index >= 15 is 0 Å². The Bertz CT molecular complexity index is 792. The van der Waals surface area contributed by atoms with Crippen LogP contribution in [0.5, 0.6) is 11.5 Å². The Labute approximate surface area is 126 Å². The Kier molecular flexibility index (Phi) is 3.49. The van der Waals surface area contributed by atoms with Gasteiger partial charge in [0.05, 0.1) is 6.20 Å². The lowest BCUT2D eigenvalue weighted by atomic mass is 10.2. The van der Waals surface area contributed by atoms with Gasteiger partial charge in [0, 0.05) is 11.3 Å². The van der Waals surface area contributed by atoms with Gasteiger partial charge in [0.15, 0.2) is 0 Å². The van der Waals surface area contributed by atoms with Crippen LogP contribution in [-0.4, -0.2) is 26.1 Å². The van der Waals surface area contributed by atoms with Crippen molar-refractivity contribution in [3.63, 3.8) is 0 Å². The van der Waals surface area contributed by atoms with Gasteiger partial charge in [-0.2, -0.15) is 0 Å². The highest BCUT2D eigenvalue weighted by atomic mass is 16.3. The van der Waals surface area contributed by atoms with Gasteiger partial charge >= 0.3 is 0 Å². The summed E-state index contributed by atoms with van der Waals surface area (Å²) in [6, 6.07) is 12.7. The number of imidazole rings is 1. The third kappa shape index (κ3) is 2.90. The van der Waals surface area contributed by atoms with E-state index in [1.54, 1.807) is 36.4 Å². The van der Waals surface area contributed by atoms with E-state index in [2.05, 4.69) is 15.3 Å². The minimum Gasteiger partial charge on any atom is -0.508 e. The maximum atomic E-state index is 12.1. The second-order valence-corrected chi connectivity index (χ2v) is 4.69. The molecule has 22 heavy (non-hydrogen) atoms. The molecule has 0 saturated heterocycles. The number of H-pyrrole nitrogens is 1. The average Bonchev–Trinajstić information content (AvgIpc) is 3.00. The van der Waals surface area contributed by atoms with Crippen LogP contribution in [0.3, 0.4) is 0 Å². The van der Waals surface area contributed by atoms with E-state index in [1.807, 2.05) is 0 Å². The number of nitrogens with zero attached hydrogens (tertiary/aromatic N) is 1. The van der Waals surface area contributed by atoms with Crippen LogP contribution in [-0.2, 0) is 0 Å². The molecule has 0 saturated carbocycles. The van der Waals surface area contributed by atoms with Crippen molar-refractivity contribution < 1.29 is 15.0 Å². The molecule has 0 spiro atoms. The molecule has 1 amide bonds. The summed E-state index contributed by atoms with van der Waals surface area (Å²) in [6.45, 7) is 0. The summed E-state index contributed by atoms with van der Waals surface area (Å²) >= 11 is 0. The summed E-state index contributed by atoms with van der Waals surface area (Å²) in [4.78, 5) is 19.2. The van der Waals surface area contributed by atoms with Gasteiger partial charge in [-0.3, -0.25) is 4.79 Å². The van der Waals surface area contributed by atoms with Crippen LogP contribution >= 0.6 is 0 Å². The van der Waals surface area contributed by atoms with E-state index in [1.165, 1.54) is 18.3 Å². The maximum absolute atomic E-state index is 12.1. The fourth-order valence-corrected chi connectivity index (χ4v) is 1.95. The molecule has 0 atom stereocenters. The van der Waals surface area contributed by atoms with Gasteiger partial charge in [0.25, 0.3) is 5.91 Å². The van der Waals surface area contributed by atoms with Crippen molar-refractivity contribution in [2.24, 2.45) is 0 Å². The molecule has 4 N–H and O–H groups in total. The van der Waals surface area contributed by atoms with Gasteiger partial charge in [-0.1, -0.05) is 0 Å². The number of aromatic nitrogens is 2. The first kappa shape index (κ1) is 13.7. The molecule has 0 radical (unpaired) electrons. The zero-order valence-electron chi connectivity index (χ0n) is 11.4. The number of anilines is 1. The predicted octanol–water partition coefficient (Wildman–Crippen LogP) is 2.74. The van der Waals surface area contributed by atoms with E-state index in [0.717, 1.165) is 5.56 Å². The number of hydrogen-bond donors (Lipinski definition) is 4. The van der Waals surface area contributed by atoms with E-state index in [-0.39, 0.29) is 17.4 Å². The molecule has 110 valence electrons. The van der Waals surface area contributed by atoms with Gasteiger partial charge in [-0.05, 0) is 48.5 Å². The van der Waals surface area contributed by atoms with Crippen molar-refractivity contribution in [2.75, 3.05) is 5.32 Å². The molecular weight excluding hydrogens is 282 g/mol. The van der Waals surface area contributed by atoms with E-state index in [9.17, 15) is 15.0 Å². The predicted molar refractivity (Wildman–Crippen MR) is 81.7 cm³/mol. The third-order valence-corrected chi connectivity index (χ3v) is 3.09. The topological polar surface area (TPSA) is 98.2 Å².